The molecule has 0 heterocycles. The monoisotopic (exact) mass is 159 g/mol. The Morgan fingerprint density at radius 3 is 2.58 bits per heavy atom. The minimum atomic E-state index is 0.836. The average Bonchev–Trinajstić information content (AvgIpc) is 2.09. The van der Waals surface area contributed by atoms with Gasteiger partial charge in [0.25, 0.3) is 0 Å². The van der Waals surface area contributed by atoms with Gasteiger partial charge in [-0.15, -0.1) is 0 Å². The van der Waals surface area contributed by atoms with Gasteiger partial charge in [0.1, 0.15) is 0 Å². The summed E-state index contributed by atoms with van der Waals surface area (Å²) >= 11 is 0. The van der Waals surface area contributed by atoms with Crippen molar-refractivity contribution < 1.29 is 0 Å². The maximum absolute atomic E-state index is 5.71. The van der Waals surface area contributed by atoms with Gasteiger partial charge in [0.15, 0.2) is 7.98 Å². The van der Waals surface area contributed by atoms with Crippen LogP contribution < -0.4 is 0 Å². The predicted octanol–water partition coefficient (Wildman–Crippen LogP) is 1.90. The third kappa shape index (κ3) is 2.38. The fourth-order valence-corrected chi connectivity index (χ4v) is 1.12. The van der Waals surface area contributed by atoms with E-state index in [4.69, 9.17) is 7.98 Å². The zero-order valence-corrected chi connectivity index (χ0v) is 7.75. The number of nitrogens with zero attached hydrogens (tertiary/aromatic N) is 1. The summed E-state index contributed by atoms with van der Waals surface area (Å²) in [7, 11) is 5.71. The second kappa shape index (κ2) is 4.32. The highest BCUT2D eigenvalue weighted by Gasteiger charge is 1.98. The van der Waals surface area contributed by atoms with Gasteiger partial charge in [-0.05, 0) is 24.6 Å². The third-order valence-electron chi connectivity index (χ3n) is 2.04. The lowest BCUT2D eigenvalue weighted by atomic mass is 10.1. The van der Waals surface area contributed by atoms with Gasteiger partial charge >= 0.3 is 0 Å². The van der Waals surface area contributed by atoms with Crippen molar-refractivity contribution in [2.75, 3.05) is 6.54 Å². The van der Waals surface area contributed by atoms with E-state index >= 15 is 0 Å². The Labute approximate surface area is 75.8 Å². The van der Waals surface area contributed by atoms with Crippen LogP contribution in [0.3, 0.4) is 0 Å². The second-order valence-corrected chi connectivity index (χ2v) is 2.99. The molecule has 0 saturated heterocycles. The van der Waals surface area contributed by atoms with Gasteiger partial charge in [-0.1, -0.05) is 31.2 Å². The molecule has 0 saturated carbocycles. The molecule has 0 aliphatic carbocycles. The molecule has 1 rings (SSSR count). The van der Waals surface area contributed by atoms with E-state index in [1.807, 2.05) is 16.9 Å². The van der Waals surface area contributed by atoms with E-state index in [0.717, 1.165) is 13.1 Å². The van der Waals surface area contributed by atoms with Gasteiger partial charge in [0, 0.05) is 6.54 Å². The molecule has 2 radical (unpaired) electrons. The molecule has 62 valence electrons. The van der Waals surface area contributed by atoms with Crippen molar-refractivity contribution >= 4 is 7.98 Å². The predicted molar refractivity (Wildman–Crippen MR) is 53.0 cm³/mol. The van der Waals surface area contributed by atoms with Gasteiger partial charge in [-0.3, -0.25) is 0 Å². The summed E-state index contributed by atoms with van der Waals surface area (Å²) in [4.78, 5) is 1.81. The molecule has 12 heavy (non-hydrogen) atoms. The zero-order chi connectivity index (χ0) is 8.97. The van der Waals surface area contributed by atoms with E-state index in [0.29, 0.717) is 0 Å². The van der Waals surface area contributed by atoms with Crippen molar-refractivity contribution in [2.45, 2.75) is 20.4 Å². The van der Waals surface area contributed by atoms with E-state index in [1.54, 1.807) is 0 Å². The van der Waals surface area contributed by atoms with Crippen LogP contribution in [0.5, 0.6) is 0 Å². The molecule has 0 spiro atoms. The van der Waals surface area contributed by atoms with Crippen LogP contribution >= 0.6 is 0 Å². The van der Waals surface area contributed by atoms with Crippen molar-refractivity contribution in [3.05, 3.63) is 35.4 Å². The molecule has 1 aromatic rings. The van der Waals surface area contributed by atoms with Gasteiger partial charge in [-0.2, -0.15) is 0 Å². The van der Waals surface area contributed by atoms with Crippen LogP contribution in [-0.2, 0) is 6.54 Å². The number of aryl methyl sites for hydroxylation is 1. The molecule has 1 aromatic carbocycles. The second-order valence-electron chi connectivity index (χ2n) is 2.99. The van der Waals surface area contributed by atoms with Crippen LogP contribution in [0, 0.1) is 6.92 Å². The average molecular weight is 159 g/mol. The molecule has 0 unspecified atom stereocenters. The van der Waals surface area contributed by atoms with Crippen molar-refractivity contribution in [1.29, 1.82) is 0 Å². The first-order valence-electron chi connectivity index (χ1n) is 4.28. The van der Waals surface area contributed by atoms with Crippen molar-refractivity contribution in [3.63, 3.8) is 0 Å². The molecular formula is C10H14BN. The smallest absolute Gasteiger partial charge is 0.182 e. The van der Waals surface area contributed by atoms with Gasteiger partial charge in [-0.25, -0.2) is 0 Å². The lowest BCUT2D eigenvalue weighted by molar-refractivity contribution is 0.472. The summed E-state index contributed by atoms with van der Waals surface area (Å²) in [6.45, 7) is 5.88. The van der Waals surface area contributed by atoms with E-state index < -0.39 is 0 Å². The quantitative estimate of drug-likeness (QED) is 0.608. The fourth-order valence-electron chi connectivity index (χ4n) is 1.12. The van der Waals surface area contributed by atoms with Crippen LogP contribution in [0.1, 0.15) is 18.1 Å². The first-order valence-corrected chi connectivity index (χ1v) is 4.28. The lowest BCUT2D eigenvalue weighted by Crippen LogP contribution is -2.19. The Kier molecular flexibility index (Phi) is 3.36. The van der Waals surface area contributed by atoms with Crippen LogP contribution in [0.15, 0.2) is 24.3 Å². The normalized spacial score (nSPS) is 10.6. The van der Waals surface area contributed by atoms with Gasteiger partial charge in [0.05, 0.1) is 0 Å². The van der Waals surface area contributed by atoms with Crippen molar-refractivity contribution in [2.24, 2.45) is 0 Å². The van der Waals surface area contributed by atoms with E-state index in [-0.39, 0.29) is 0 Å². The Balaban J connectivity index is 2.69. The van der Waals surface area contributed by atoms with Crippen molar-refractivity contribution in [3.8, 4) is 0 Å². The van der Waals surface area contributed by atoms with E-state index in [9.17, 15) is 0 Å². The standard InChI is InChI=1S/C10H14BN/c1-3-12(11)8-10-7-5-4-6-9(10)2/h4-7H,3,8H2,1-2H3. The highest BCUT2D eigenvalue weighted by Crippen LogP contribution is 2.08. The molecule has 0 aromatic heterocycles. The molecule has 0 N–H and O–H groups in total. The van der Waals surface area contributed by atoms with Crippen LogP contribution in [0.25, 0.3) is 0 Å². The van der Waals surface area contributed by atoms with Crippen LogP contribution in [0.2, 0.25) is 0 Å². The molecule has 1 nitrogen and oxygen atoms in total. The molecule has 0 aliphatic heterocycles. The largest absolute Gasteiger partial charge is 0.350 e. The number of rotatable bonds is 3. The first kappa shape index (κ1) is 9.33. The minimum Gasteiger partial charge on any atom is -0.350 e. The topological polar surface area (TPSA) is 3.24 Å². The molecule has 2 heteroatoms. The maximum Gasteiger partial charge on any atom is 0.182 e. The summed E-state index contributed by atoms with van der Waals surface area (Å²) in [5.41, 5.74) is 2.61. The molecular weight excluding hydrogens is 145 g/mol. The van der Waals surface area contributed by atoms with E-state index in [2.05, 4.69) is 26.0 Å². The number of hydrogen-bond donors (Lipinski definition) is 0. The third-order valence-corrected chi connectivity index (χ3v) is 2.04. The Bertz CT molecular complexity index is 247. The lowest BCUT2D eigenvalue weighted by Gasteiger charge is -2.15. The van der Waals surface area contributed by atoms with Crippen LogP contribution in [-0.4, -0.2) is 19.3 Å². The molecule has 0 fully saturated rings. The molecule has 0 aliphatic rings. The summed E-state index contributed by atoms with van der Waals surface area (Å²) in [6, 6.07) is 8.32. The Morgan fingerprint density at radius 1 is 1.33 bits per heavy atom. The Hall–Kier alpha value is -0.755. The van der Waals surface area contributed by atoms with E-state index in [1.165, 1.54) is 11.1 Å². The fraction of sp³-hybridized carbons (Fsp3) is 0.400. The maximum atomic E-state index is 5.71. The number of hydrogen-bond acceptors (Lipinski definition) is 1. The summed E-state index contributed by atoms with van der Waals surface area (Å²) in [5.74, 6) is 0. The SMILES string of the molecule is [B]N(CC)Cc1ccccc1C. The molecule has 0 amide bonds. The zero-order valence-electron chi connectivity index (χ0n) is 7.75. The highest BCUT2D eigenvalue weighted by molar-refractivity contribution is 6.04. The number of benzene rings is 1. The first-order chi connectivity index (χ1) is 5.74. The summed E-state index contributed by atoms with van der Waals surface area (Å²) in [6.07, 6.45) is 0. The Morgan fingerprint density at radius 2 is 2.00 bits per heavy atom. The van der Waals surface area contributed by atoms with Gasteiger partial charge < -0.3 is 4.81 Å². The highest BCUT2D eigenvalue weighted by atomic mass is 15.0. The molecule has 0 atom stereocenters. The van der Waals surface area contributed by atoms with Crippen molar-refractivity contribution in [1.82, 2.24) is 4.81 Å². The van der Waals surface area contributed by atoms with Crippen LogP contribution in [0.4, 0.5) is 0 Å². The summed E-state index contributed by atoms with van der Waals surface area (Å²) in [5, 5.41) is 0. The van der Waals surface area contributed by atoms with Gasteiger partial charge in [0.2, 0.25) is 0 Å². The minimum absolute atomic E-state index is 0.836. The molecule has 0 bridgehead atoms. The summed E-state index contributed by atoms with van der Waals surface area (Å²) < 4.78 is 0.